The molecule has 0 fully saturated rings. The fourth-order valence-corrected chi connectivity index (χ4v) is 2.05. The van der Waals surface area contributed by atoms with Gasteiger partial charge in [-0.05, 0) is 38.1 Å². The van der Waals surface area contributed by atoms with Crippen molar-refractivity contribution in [2.75, 3.05) is 20.6 Å². The van der Waals surface area contributed by atoms with Crippen molar-refractivity contribution in [1.82, 2.24) is 15.2 Å². The number of pyridine rings is 1. The fourth-order valence-electron chi connectivity index (χ4n) is 2.05. The maximum Gasteiger partial charge on any atom is 0.141 e. The summed E-state index contributed by atoms with van der Waals surface area (Å²) in [6, 6.07) is 1.95. The van der Waals surface area contributed by atoms with Crippen LogP contribution in [0.4, 0.5) is 4.39 Å². The zero-order chi connectivity index (χ0) is 13.5. The van der Waals surface area contributed by atoms with E-state index in [2.05, 4.69) is 43.1 Å². The Morgan fingerprint density at radius 3 is 2.61 bits per heavy atom. The van der Waals surface area contributed by atoms with Crippen LogP contribution in [0.5, 0.6) is 0 Å². The number of aromatic nitrogens is 1. The molecule has 18 heavy (non-hydrogen) atoms. The van der Waals surface area contributed by atoms with Gasteiger partial charge >= 0.3 is 0 Å². The molecular formula is C14H24FN3. The van der Waals surface area contributed by atoms with Crippen LogP contribution in [0.25, 0.3) is 0 Å². The quantitative estimate of drug-likeness (QED) is 0.808. The number of likely N-dealkylation sites (N-methyl/N-ethyl adjacent to an activating group) is 1. The second-order valence-corrected chi connectivity index (χ2v) is 5.48. The average molecular weight is 253 g/mol. The van der Waals surface area contributed by atoms with E-state index in [9.17, 15) is 4.39 Å². The number of nitrogens with zero attached hydrogens (tertiary/aromatic N) is 2. The predicted molar refractivity (Wildman–Crippen MR) is 72.8 cm³/mol. The van der Waals surface area contributed by atoms with Gasteiger partial charge in [-0.3, -0.25) is 4.98 Å². The van der Waals surface area contributed by atoms with E-state index in [4.69, 9.17) is 0 Å². The van der Waals surface area contributed by atoms with Gasteiger partial charge in [0.25, 0.3) is 0 Å². The Morgan fingerprint density at radius 1 is 1.33 bits per heavy atom. The third-order valence-corrected chi connectivity index (χ3v) is 2.70. The minimum absolute atomic E-state index is 0.276. The molecule has 0 amide bonds. The Morgan fingerprint density at radius 2 is 2.06 bits per heavy atom. The van der Waals surface area contributed by atoms with Gasteiger partial charge in [-0.2, -0.15) is 0 Å². The van der Waals surface area contributed by atoms with Gasteiger partial charge < -0.3 is 10.2 Å². The third-order valence-electron chi connectivity index (χ3n) is 2.70. The molecule has 1 atom stereocenters. The normalized spacial score (nSPS) is 13.3. The first-order valence-electron chi connectivity index (χ1n) is 6.45. The molecule has 0 saturated heterocycles. The third kappa shape index (κ3) is 6.07. The summed E-state index contributed by atoms with van der Waals surface area (Å²) in [5, 5.41) is 3.48. The van der Waals surface area contributed by atoms with Crippen molar-refractivity contribution in [1.29, 1.82) is 0 Å². The van der Waals surface area contributed by atoms with Gasteiger partial charge in [0.15, 0.2) is 0 Å². The topological polar surface area (TPSA) is 28.2 Å². The van der Waals surface area contributed by atoms with Gasteiger partial charge in [-0.15, -0.1) is 0 Å². The van der Waals surface area contributed by atoms with E-state index in [0.717, 1.165) is 18.5 Å². The highest BCUT2D eigenvalue weighted by Gasteiger charge is 2.11. The first kappa shape index (κ1) is 15.1. The number of halogens is 1. The summed E-state index contributed by atoms with van der Waals surface area (Å²) in [5.41, 5.74) is 0.891. The lowest BCUT2D eigenvalue weighted by Gasteiger charge is -2.24. The highest BCUT2D eigenvalue weighted by Crippen LogP contribution is 2.07. The summed E-state index contributed by atoms with van der Waals surface area (Å²) in [6.45, 7) is 6.08. The van der Waals surface area contributed by atoms with E-state index in [0.29, 0.717) is 18.5 Å². The van der Waals surface area contributed by atoms with E-state index in [1.54, 1.807) is 6.20 Å². The lowest BCUT2D eigenvalue weighted by molar-refractivity contribution is 0.305. The van der Waals surface area contributed by atoms with Crippen molar-refractivity contribution in [3.05, 3.63) is 29.8 Å². The van der Waals surface area contributed by atoms with Crippen LogP contribution >= 0.6 is 0 Å². The van der Waals surface area contributed by atoms with Crippen LogP contribution < -0.4 is 5.32 Å². The second-order valence-electron chi connectivity index (χ2n) is 5.48. The standard InChI is InChI=1S/C14H24FN3/c1-11(2)5-14(10-18(3)4)17-8-12-6-13(15)9-16-7-12/h6-7,9,11,14,17H,5,8,10H2,1-4H3. The molecule has 1 heterocycles. The van der Waals surface area contributed by atoms with Gasteiger partial charge in [0.1, 0.15) is 5.82 Å². The number of hydrogen-bond donors (Lipinski definition) is 1. The van der Waals surface area contributed by atoms with Crippen LogP contribution in [0.1, 0.15) is 25.8 Å². The van der Waals surface area contributed by atoms with Gasteiger partial charge in [-0.1, -0.05) is 13.8 Å². The number of hydrogen-bond acceptors (Lipinski definition) is 3. The summed E-state index contributed by atoms with van der Waals surface area (Å²) in [5.74, 6) is 0.371. The zero-order valence-electron chi connectivity index (χ0n) is 11.8. The molecule has 0 bridgehead atoms. The van der Waals surface area contributed by atoms with Gasteiger partial charge in [-0.25, -0.2) is 4.39 Å². The Balaban J connectivity index is 2.50. The maximum absolute atomic E-state index is 13.0. The molecule has 0 aromatic carbocycles. The van der Waals surface area contributed by atoms with Gasteiger partial charge in [0, 0.05) is 25.3 Å². The molecule has 1 unspecified atom stereocenters. The summed E-state index contributed by atoms with van der Waals surface area (Å²) < 4.78 is 13.0. The largest absolute Gasteiger partial charge is 0.309 e. The van der Waals surface area contributed by atoms with E-state index >= 15 is 0 Å². The molecule has 0 aliphatic rings. The average Bonchev–Trinajstić information content (AvgIpc) is 2.24. The molecular weight excluding hydrogens is 229 g/mol. The summed E-state index contributed by atoms with van der Waals surface area (Å²) >= 11 is 0. The van der Waals surface area contributed by atoms with Gasteiger partial charge in [0.2, 0.25) is 0 Å². The zero-order valence-corrected chi connectivity index (χ0v) is 11.8. The molecule has 102 valence electrons. The van der Waals surface area contributed by atoms with Crippen LogP contribution in [0.2, 0.25) is 0 Å². The molecule has 1 aromatic heterocycles. The lowest BCUT2D eigenvalue weighted by Crippen LogP contribution is -2.38. The minimum atomic E-state index is -0.276. The molecule has 0 spiro atoms. The van der Waals surface area contributed by atoms with Crippen molar-refractivity contribution >= 4 is 0 Å². The molecule has 1 rings (SSSR count). The molecule has 0 radical (unpaired) electrons. The molecule has 0 saturated carbocycles. The molecule has 1 N–H and O–H groups in total. The van der Waals surface area contributed by atoms with E-state index < -0.39 is 0 Å². The SMILES string of the molecule is CC(C)CC(CN(C)C)NCc1cncc(F)c1. The highest BCUT2D eigenvalue weighted by atomic mass is 19.1. The van der Waals surface area contributed by atoms with Crippen molar-refractivity contribution in [2.45, 2.75) is 32.9 Å². The highest BCUT2D eigenvalue weighted by molar-refractivity contribution is 5.09. The monoisotopic (exact) mass is 253 g/mol. The van der Waals surface area contributed by atoms with E-state index in [1.165, 1.54) is 12.3 Å². The minimum Gasteiger partial charge on any atom is -0.309 e. The summed E-state index contributed by atoms with van der Waals surface area (Å²) in [6.07, 6.45) is 4.05. The first-order chi connectivity index (χ1) is 8.47. The molecule has 1 aromatic rings. The van der Waals surface area contributed by atoms with Crippen molar-refractivity contribution < 1.29 is 4.39 Å². The maximum atomic E-state index is 13.0. The fraction of sp³-hybridized carbons (Fsp3) is 0.643. The predicted octanol–water partition coefficient (Wildman–Crippen LogP) is 2.29. The smallest absolute Gasteiger partial charge is 0.141 e. The summed E-state index contributed by atoms with van der Waals surface area (Å²) in [4.78, 5) is 6.03. The lowest BCUT2D eigenvalue weighted by atomic mass is 10.0. The second kappa shape index (κ2) is 7.44. The van der Waals surface area contributed by atoms with E-state index in [-0.39, 0.29) is 5.82 Å². The Hall–Kier alpha value is -1.00. The Bertz CT molecular complexity index is 343. The van der Waals surface area contributed by atoms with Crippen molar-refractivity contribution in [3.63, 3.8) is 0 Å². The summed E-state index contributed by atoms with van der Waals surface area (Å²) in [7, 11) is 4.14. The Kier molecular flexibility index (Phi) is 6.22. The molecule has 4 heteroatoms. The van der Waals surface area contributed by atoms with Crippen LogP contribution in [-0.4, -0.2) is 36.6 Å². The Labute approximate surface area is 109 Å². The van der Waals surface area contributed by atoms with Crippen molar-refractivity contribution in [2.24, 2.45) is 5.92 Å². The van der Waals surface area contributed by atoms with Gasteiger partial charge in [0.05, 0.1) is 6.20 Å². The van der Waals surface area contributed by atoms with Crippen LogP contribution in [-0.2, 0) is 6.54 Å². The number of rotatable bonds is 7. The molecule has 3 nitrogen and oxygen atoms in total. The van der Waals surface area contributed by atoms with Crippen LogP contribution in [0.15, 0.2) is 18.5 Å². The molecule has 0 aliphatic heterocycles. The molecule has 0 aliphatic carbocycles. The van der Waals surface area contributed by atoms with Crippen LogP contribution in [0.3, 0.4) is 0 Å². The van der Waals surface area contributed by atoms with Crippen molar-refractivity contribution in [3.8, 4) is 0 Å². The van der Waals surface area contributed by atoms with E-state index in [1.807, 2.05) is 0 Å². The van der Waals surface area contributed by atoms with Crippen LogP contribution in [0, 0.1) is 11.7 Å². The first-order valence-corrected chi connectivity index (χ1v) is 6.45. The number of nitrogens with one attached hydrogen (secondary N) is 1.